The lowest BCUT2D eigenvalue weighted by Crippen LogP contribution is -2.51. The minimum Gasteiger partial charge on any atom is -0.495 e. The first-order valence-electron chi connectivity index (χ1n) is 11.3. The van der Waals surface area contributed by atoms with Gasteiger partial charge < -0.3 is 14.5 Å². The van der Waals surface area contributed by atoms with Crippen LogP contribution in [-0.4, -0.2) is 63.4 Å². The number of carbonyl (C=O) groups excluding carboxylic acids is 1. The van der Waals surface area contributed by atoms with Gasteiger partial charge in [-0.2, -0.15) is 4.31 Å². The van der Waals surface area contributed by atoms with Crippen LogP contribution in [-0.2, 0) is 21.4 Å². The quantitative estimate of drug-likeness (QED) is 0.418. The van der Waals surface area contributed by atoms with Gasteiger partial charge in [0, 0.05) is 37.2 Å². The predicted octanol–water partition coefficient (Wildman–Crippen LogP) is 4.00. The smallest absolute Gasteiger partial charge is 0.243 e. The zero-order valence-corrected chi connectivity index (χ0v) is 21.9. The number of sulfonamides is 1. The standard InChI is InChI=1S/C26H28BrN3O4S/c1-34-25-10-6-5-9-24(25)28-15-17-29(18-16-28)26(31)20-30(19-21-11-13-22(27)14-12-21)35(32,33)23-7-3-2-4-8-23/h2-14H,15-20H2,1H3. The molecule has 3 aromatic rings. The van der Waals surface area contributed by atoms with Crippen molar-refractivity contribution < 1.29 is 17.9 Å². The van der Waals surface area contributed by atoms with Crippen LogP contribution in [0.5, 0.6) is 5.75 Å². The molecule has 35 heavy (non-hydrogen) atoms. The number of benzene rings is 3. The number of carbonyl (C=O) groups is 1. The Bertz CT molecular complexity index is 1250. The number of hydrogen-bond donors (Lipinski definition) is 0. The molecule has 0 spiro atoms. The molecule has 0 aromatic heterocycles. The van der Waals surface area contributed by atoms with E-state index in [1.54, 1.807) is 42.3 Å². The maximum atomic E-state index is 13.5. The van der Waals surface area contributed by atoms with Crippen molar-refractivity contribution >= 4 is 37.5 Å². The van der Waals surface area contributed by atoms with Crippen LogP contribution in [0.4, 0.5) is 5.69 Å². The summed E-state index contributed by atoms with van der Waals surface area (Å²) in [4.78, 5) is 17.4. The Morgan fingerprint density at radius 1 is 0.914 bits per heavy atom. The van der Waals surface area contributed by atoms with Crippen molar-refractivity contribution in [2.75, 3.05) is 44.7 Å². The first-order chi connectivity index (χ1) is 16.9. The SMILES string of the molecule is COc1ccccc1N1CCN(C(=O)CN(Cc2ccc(Br)cc2)S(=O)(=O)c2ccccc2)CC1. The maximum Gasteiger partial charge on any atom is 0.243 e. The van der Waals surface area contributed by atoms with Crippen LogP contribution in [0.25, 0.3) is 0 Å². The van der Waals surface area contributed by atoms with Crippen LogP contribution in [0.3, 0.4) is 0 Å². The summed E-state index contributed by atoms with van der Waals surface area (Å²) in [5.74, 6) is 0.586. The van der Waals surface area contributed by atoms with Crippen molar-refractivity contribution in [3.8, 4) is 5.75 Å². The third-order valence-corrected chi connectivity index (χ3v) is 8.36. The Hall–Kier alpha value is -2.88. The molecule has 1 heterocycles. The molecule has 1 amide bonds. The molecular weight excluding hydrogens is 530 g/mol. The molecule has 7 nitrogen and oxygen atoms in total. The molecule has 0 radical (unpaired) electrons. The lowest BCUT2D eigenvalue weighted by molar-refractivity contribution is -0.131. The summed E-state index contributed by atoms with van der Waals surface area (Å²) < 4.78 is 34.5. The fourth-order valence-electron chi connectivity index (χ4n) is 4.10. The first-order valence-corrected chi connectivity index (χ1v) is 13.6. The summed E-state index contributed by atoms with van der Waals surface area (Å²) in [7, 11) is -2.21. The highest BCUT2D eigenvalue weighted by Gasteiger charge is 2.30. The van der Waals surface area contributed by atoms with E-state index in [4.69, 9.17) is 4.74 Å². The van der Waals surface area contributed by atoms with Crippen LogP contribution in [0, 0.1) is 0 Å². The number of piperazine rings is 1. The number of nitrogens with zero attached hydrogens (tertiary/aromatic N) is 3. The van der Waals surface area contributed by atoms with Crippen molar-refractivity contribution in [1.82, 2.24) is 9.21 Å². The average Bonchev–Trinajstić information content (AvgIpc) is 2.90. The summed E-state index contributed by atoms with van der Waals surface area (Å²) in [5, 5.41) is 0. The van der Waals surface area contributed by atoms with Crippen LogP contribution in [0.1, 0.15) is 5.56 Å². The molecule has 0 N–H and O–H groups in total. The summed E-state index contributed by atoms with van der Waals surface area (Å²) in [6, 6.07) is 23.5. The van der Waals surface area contributed by atoms with E-state index in [-0.39, 0.29) is 23.9 Å². The van der Waals surface area contributed by atoms with Crippen LogP contribution in [0.15, 0.2) is 88.2 Å². The second kappa shape index (κ2) is 11.2. The number of ether oxygens (including phenoxy) is 1. The Morgan fingerprint density at radius 2 is 1.54 bits per heavy atom. The monoisotopic (exact) mass is 557 g/mol. The molecule has 0 aliphatic carbocycles. The van der Waals surface area contributed by atoms with Crippen molar-refractivity contribution in [3.05, 3.63) is 88.9 Å². The van der Waals surface area contributed by atoms with E-state index in [2.05, 4.69) is 20.8 Å². The van der Waals surface area contributed by atoms with Gasteiger partial charge in [-0.05, 0) is 42.0 Å². The van der Waals surface area contributed by atoms with E-state index in [0.29, 0.717) is 26.2 Å². The highest BCUT2D eigenvalue weighted by molar-refractivity contribution is 9.10. The summed E-state index contributed by atoms with van der Waals surface area (Å²) in [5.41, 5.74) is 1.80. The van der Waals surface area contributed by atoms with E-state index >= 15 is 0 Å². The zero-order chi connectivity index (χ0) is 24.8. The molecule has 0 bridgehead atoms. The minimum atomic E-state index is -3.86. The number of para-hydroxylation sites is 2. The van der Waals surface area contributed by atoms with Gasteiger partial charge in [0.1, 0.15) is 5.75 Å². The molecule has 1 aliphatic heterocycles. The fraction of sp³-hybridized carbons (Fsp3) is 0.269. The molecule has 4 rings (SSSR count). The third kappa shape index (κ3) is 6.04. The van der Waals surface area contributed by atoms with E-state index in [1.165, 1.54) is 4.31 Å². The number of halogens is 1. The number of rotatable bonds is 8. The molecule has 184 valence electrons. The highest BCUT2D eigenvalue weighted by atomic mass is 79.9. The van der Waals surface area contributed by atoms with Gasteiger partial charge in [-0.1, -0.05) is 58.4 Å². The molecule has 3 aromatic carbocycles. The number of amides is 1. The number of hydrogen-bond acceptors (Lipinski definition) is 5. The van der Waals surface area contributed by atoms with Crippen molar-refractivity contribution in [2.24, 2.45) is 0 Å². The first kappa shape index (κ1) is 25.2. The third-order valence-electron chi connectivity index (χ3n) is 6.02. The summed E-state index contributed by atoms with van der Waals surface area (Å²) >= 11 is 3.41. The number of methoxy groups -OCH3 is 1. The van der Waals surface area contributed by atoms with E-state index in [9.17, 15) is 13.2 Å². The molecule has 1 aliphatic rings. The Morgan fingerprint density at radius 3 is 2.20 bits per heavy atom. The molecule has 0 saturated carbocycles. The fourth-order valence-corrected chi connectivity index (χ4v) is 5.76. The molecule has 1 fully saturated rings. The lowest BCUT2D eigenvalue weighted by Gasteiger charge is -2.37. The largest absolute Gasteiger partial charge is 0.495 e. The Balaban J connectivity index is 1.49. The predicted molar refractivity (Wildman–Crippen MR) is 140 cm³/mol. The van der Waals surface area contributed by atoms with Gasteiger partial charge in [0.25, 0.3) is 0 Å². The molecular formula is C26H28BrN3O4S. The normalized spacial score (nSPS) is 14.3. The van der Waals surface area contributed by atoms with Crippen molar-refractivity contribution in [3.63, 3.8) is 0 Å². The maximum absolute atomic E-state index is 13.5. The molecule has 9 heteroatoms. The van der Waals surface area contributed by atoms with Crippen LogP contribution in [0.2, 0.25) is 0 Å². The van der Waals surface area contributed by atoms with Crippen molar-refractivity contribution in [1.29, 1.82) is 0 Å². The Labute approximate surface area is 215 Å². The van der Waals surface area contributed by atoms with Gasteiger partial charge in [0.2, 0.25) is 15.9 Å². The van der Waals surface area contributed by atoms with Crippen LogP contribution >= 0.6 is 15.9 Å². The highest BCUT2D eigenvalue weighted by Crippen LogP contribution is 2.28. The molecule has 0 atom stereocenters. The van der Waals surface area contributed by atoms with Gasteiger partial charge in [-0.3, -0.25) is 4.79 Å². The minimum absolute atomic E-state index is 0.109. The zero-order valence-electron chi connectivity index (χ0n) is 19.5. The summed E-state index contributed by atoms with van der Waals surface area (Å²) in [6.07, 6.45) is 0. The topological polar surface area (TPSA) is 70.2 Å². The summed E-state index contributed by atoms with van der Waals surface area (Å²) in [6.45, 7) is 2.19. The van der Waals surface area contributed by atoms with Gasteiger partial charge in [-0.15, -0.1) is 0 Å². The van der Waals surface area contributed by atoms with Crippen molar-refractivity contribution in [2.45, 2.75) is 11.4 Å². The molecule has 0 unspecified atom stereocenters. The Kier molecular flexibility index (Phi) is 8.10. The average molecular weight is 558 g/mol. The number of anilines is 1. The van der Waals surface area contributed by atoms with Gasteiger partial charge in [0.05, 0.1) is 24.2 Å². The van der Waals surface area contributed by atoms with E-state index in [1.807, 2.05) is 48.5 Å². The van der Waals surface area contributed by atoms with Crippen LogP contribution < -0.4 is 9.64 Å². The lowest BCUT2D eigenvalue weighted by atomic mass is 10.2. The van der Waals surface area contributed by atoms with Gasteiger partial charge in [0.15, 0.2) is 0 Å². The molecule has 1 saturated heterocycles. The van der Waals surface area contributed by atoms with Gasteiger partial charge >= 0.3 is 0 Å². The van der Waals surface area contributed by atoms with Gasteiger partial charge in [-0.25, -0.2) is 8.42 Å². The second-order valence-electron chi connectivity index (χ2n) is 8.25. The second-order valence-corrected chi connectivity index (χ2v) is 11.1. The van der Waals surface area contributed by atoms with E-state index in [0.717, 1.165) is 21.5 Å². The van der Waals surface area contributed by atoms with E-state index < -0.39 is 10.0 Å².